The number of rotatable bonds is 7. The highest BCUT2D eigenvalue weighted by molar-refractivity contribution is 5.96. The Hall–Kier alpha value is -5.36. The molecule has 1 aromatic heterocycles. The number of methoxy groups -OCH3 is 1. The van der Waals surface area contributed by atoms with Crippen LogP contribution in [0.3, 0.4) is 0 Å². The van der Waals surface area contributed by atoms with E-state index >= 15 is 0 Å². The molecule has 2 aromatic carbocycles. The average Bonchev–Trinajstić information content (AvgIpc) is 3.00. The maximum Gasteiger partial charge on any atom is 0.490 e. The number of ether oxygens (including phenoxy) is 1. The lowest BCUT2D eigenvalue weighted by Crippen LogP contribution is -2.38. The summed E-state index contributed by atoms with van der Waals surface area (Å²) in [5.41, 5.74) is 14.0. The summed E-state index contributed by atoms with van der Waals surface area (Å²) in [6.07, 6.45) is -6.22. The van der Waals surface area contributed by atoms with Crippen LogP contribution < -0.4 is 26.8 Å². The molecule has 0 saturated heterocycles. The van der Waals surface area contributed by atoms with Crippen molar-refractivity contribution in [2.75, 3.05) is 12.4 Å². The molecule has 1 heterocycles. The number of carbonyl (C=O) groups excluding carboxylic acids is 1. The van der Waals surface area contributed by atoms with Crippen molar-refractivity contribution in [2.45, 2.75) is 63.6 Å². The number of benzene rings is 2. The summed E-state index contributed by atoms with van der Waals surface area (Å²) in [7, 11) is 1.61. The number of hydrogen-bond donors (Lipinski definition) is 6. The van der Waals surface area contributed by atoms with Gasteiger partial charge in [0.05, 0.1) is 24.7 Å². The summed E-state index contributed by atoms with van der Waals surface area (Å²) >= 11 is 0. The Morgan fingerprint density at radius 2 is 1.54 bits per heavy atom. The van der Waals surface area contributed by atoms with Crippen molar-refractivity contribution in [1.29, 1.82) is 0 Å². The van der Waals surface area contributed by atoms with Crippen LogP contribution in [-0.4, -0.2) is 75.5 Å². The molecule has 0 aliphatic heterocycles. The van der Waals surface area contributed by atoms with Crippen LogP contribution in [0.4, 0.5) is 32.2 Å². The van der Waals surface area contributed by atoms with Gasteiger partial charge in [-0.15, -0.1) is 0 Å². The molecule has 262 valence electrons. The van der Waals surface area contributed by atoms with Gasteiger partial charge in [0.25, 0.3) is 5.91 Å². The van der Waals surface area contributed by atoms with E-state index in [0.717, 1.165) is 42.2 Å². The first-order valence-corrected chi connectivity index (χ1v) is 14.0. The second-order valence-corrected chi connectivity index (χ2v) is 10.2. The molecule has 1 aliphatic rings. The minimum atomic E-state index is -5.08. The lowest BCUT2D eigenvalue weighted by molar-refractivity contribution is -0.193. The van der Waals surface area contributed by atoms with Crippen molar-refractivity contribution in [3.05, 3.63) is 59.4 Å². The molecule has 0 spiro atoms. The summed E-state index contributed by atoms with van der Waals surface area (Å²) < 4.78 is 68.8. The normalized spacial score (nSPS) is 15.8. The zero-order chi connectivity index (χ0) is 36.2. The van der Waals surface area contributed by atoms with E-state index in [-0.39, 0.29) is 29.8 Å². The standard InChI is InChI=1S/C25H31N7O2.2C2HF3O2/c1-15-11-12-18-17(13-15)22(30-19-8-4-5-9-20(19)31-25(26)27)32-23(29-18)24(33)28-14-16-7-3-6-10-21(16)34-2;2*3-2(4,5)1(6)7/h3,6-7,10-13,19-20H,4-5,8-9,14H2,1-2H3,(H,28,33)(H4,26,27,31)(H,29,30,32);2*(H,6,7). The van der Waals surface area contributed by atoms with Crippen LogP contribution in [0, 0.1) is 6.92 Å². The zero-order valence-electron chi connectivity index (χ0n) is 25.5. The van der Waals surface area contributed by atoms with Gasteiger partial charge < -0.3 is 37.1 Å². The summed E-state index contributed by atoms with van der Waals surface area (Å²) in [5, 5.41) is 21.5. The number of nitrogens with one attached hydrogen (secondary N) is 2. The Morgan fingerprint density at radius 1 is 0.958 bits per heavy atom. The fourth-order valence-corrected chi connectivity index (χ4v) is 4.36. The highest BCUT2D eigenvalue weighted by atomic mass is 19.4. The number of aromatic nitrogens is 2. The van der Waals surface area contributed by atoms with Crippen molar-refractivity contribution >= 4 is 40.5 Å². The van der Waals surface area contributed by atoms with E-state index in [0.29, 0.717) is 23.6 Å². The third-order valence-electron chi connectivity index (χ3n) is 6.54. The predicted molar refractivity (Wildman–Crippen MR) is 161 cm³/mol. The zero-order valence-corrected chi connectivity index (χ0v) is 25.5. The van der Waals surface area contributed by atoms with Gasteiger partial charge in [0.1, 0.15) is 11.6 Å². The van der Waals surface area contributed by atoms with Gasteiger partial charge in [0.15, 0.2) is 5.96 Å². The van der Waals surface area contributed by atoms with E-state index in [1.165, 1.54) is 0 Å². The Morgan fingerprint density at radius 3 is 2.10 bits per heavy atom. The summed E-state index contributed by atoms with van der Waals surface area (Å²) in [6, 6.07) is 13.4. The van der Waals surface area contributed by atoms with E-state index < -0.39 is 24.3 Å². The number of amides is 1. The number of alkyl halides is 6. The van der Waals surface area contributed by atoms with Gasteiger partial charge in [-0.1, -0.05) is 42.7 Å². The number of fused-ring (bicyclic) bond motifs is 1. The van der Waals surface area contributed by atoms with Crippen LogP contribution in [-0.2, 0) is 16.1 Å². The molecule has 0 radical (unpaired) electrons. The quantitative estimate of drug-likeness (QED) is 0.118. The number of nitrogens with zero attached hydrogens (tertiary/aromatic N) is 3. The van der Waals surface area contributed by atoms with Gasteiger partial charge in [0.2, 0.25) is 5.82 Å². The Balaban J connectivity index is 0.000000479. The van der Waals surface area contributed by atoms with Crippen LogP contribution >= 0.6 is 0 Å². The number of hydrogen-bond acceptors (Lipinski definition) is 8. The fourth-order valence-electron chi connectivity index (χ4n) is 4.36. The molecule has 2 atom stereocenters. The predicted octanol–water partition coefficient (Wildman–Crippen LogP) is 4.14. The number of para-hydroxylation sites is 1. The number of guanidine groups is 1. The minimum absolute atomic E-state index is 0.0129. The molecule has 1 aliphatic carbocycles. The molecule has 13 nitrogen and oxygen atoms in total. The van der Waals surface area contributed by atoms with Crippen molar-refractivity contribution in [1.82, 2.24) is 15.3 Å². The summed E-state index contributed by atoms with van der Waals surface area (Å²) in [5.74, 6) is -4.37. The number of carboxylic acid groups (broad SMARTS) is 2. The molecule has 1 fully saturated rings. The molecule has 1 amide bonds. The Kier molecular flexibility index (Phi) is 13.7. The van der Waals surface area contributed by atoms with Gasteiger partial charge in [-0.25, -0.2) is 24.5 Å². The van der Waals surface area contributed by atoms with Crippen LogP contribution in [0.2, 0.25) is 0 Å². The molecule has 8 N–H and O–H groups in total. The molecule has 2 unspecified atom stereocenters. The monoisotopic (exact) mass is 689 g/mol. The van der Waals surface area contributed by atoms with Gasteiger partial charge >= 0.3 is 24.3 Å². The molecular weight excluding hydrogens is 656 g/mol. The number of nitrogens with two attached hydrogens (primary N) is 2. The molecular formula is C29H33F6N7O6. The molecule has 1 saturated carbocycles. The number of aliphatic carboxylic acids is 2. The molecule has 4 rings (SSSR count). The van der Waals surface area contributed by atoms with Crippen molar-refractivity contribution in [3.8, 4) is 5.75 Å². The van der Waals surface area contributed by atoms with Crippen LogP contribution in [0.15, 0.2) is 47.5 Å². The lowest BCUT2D eigenvalue weighted by atomic mass is 9.90. The highest BCUT2D eigenvalue weighted by Crippen LogP contribution is 2.28. The second kappa shape index (κ2) is 17.0. The lowest BCUT2D eigenvalue weighted by Gasteiger charge is -2.30. The first-order chi connectivity index (χ1) is 22.3. The molecule has 19 heteroatoms. The van der Waals surface area contributed by atoms with E-state index in [1.54, 1.807) is 7.11 Å². The van der Waals surface area contributed by atoms with Crippen molar-refractivity contribution in [3.63, 3.8) is 0 Å². The highest BCUT2D eigenvalue weighted by Gasteiger charge is 2.39. The maximum absolute atomic E-state index is 13.0. The van der Waals surface area contributed by atoms with E-state index in [2.05, 4.69) is 25.6 Å². The topological polar surface area (TPSA) is 215 Å². The van der Waals surface area contributed by atoms with Crippen LogP contribution in [0.25, 0.3) is 10.9 Å². The number of carboxylic acids is 2. The number of carbonyl (C=O) groups is 3. The van der Waals surface area contributed by atoms with Crippen LogP contribution in [0.5, 0.6) is 5.75 Å². The number of halogens is 6. The third-order valence-corrected chi connectivity index (χ3v) is 6.54. The van der Waals surface area contributed by atoms with Crippen LogP contribution in [0.1, 0.15) is 47.4 Å². The number of aryl methyl sites for hydroxylation is 1. The van der Waals surface area contributed by atoms with E-state index in [1.807, 2.05) is 49.4 Å². The van der Waals surface area contributed by atoms with Crippen molar-refractivity contribution < 1.29 is 55.7 Å². The first-order valence-electron chi connectivity index (χ1n) is 14.0. The smallest absolute Gasteiger partial charge is 0.490 e. The van der Waals surface area contributed by atoms with E-state index in [9.17, 15) is 31.1 Å². The number of anilines is 1. The van der Waals surface area contributed by atoms with Gasteiger partial charge in [-0.05, 0) is 38.0 Å². The average molecular weight is 690 g/mol. The maximum atomic E-state index is 13.0. The number of aliphatic imine (C=N–C) groups is 1. The minimum Gasteiger partial charge on any atom is -0.496 e. The Labute approximate surface area is 269 Å². The van der Waals surface area contributed by atoms with Crippen molar-refractivity contribution in [2.24, 2.45) is 16.5 Å². The summed E-state index contributed by atoms with van der Waals surface area (Å²) in [4.78, 5) is 44.4. The summed E-state index contributed by atoms with van der Waals surface area (Å²) in [6.45, 7) is 2.32. The molecule has 48 heavy (non-hydrogen) atoms. The Bertz CT molecular complexity index is 1590. The third kappa shape index (κ3) is 12.1. The van der Waals surface area contributed by atoms with Gasteiger partial charge in [-0.3, -0.25) is 4.79 Å². The molecule has 3 aromatic rings. The second-order valence-electron chi connectivity index (χ2n) is 10.2. The van der Waals surface area contributed by atoms with E-state index in [4.69, 9.17) is 36.0 Å². The largest absolute Gasteiger partial charge is 0.496 e. The SMILES string of the molecule is COc1ccccc1CNC(=O)c1nc(NC2CCCCC2N=C(N)N)c2cc(C)ccc2n1.O=C(O)C(F)(F)F.O=C(O)C(F)(F)F. The molecule has 0 bridgehead atoms. The first kappa shape index (κ1) is 38.8. The fraction of sp³-hybridized carbons (Fsp3) is 0.379. The van der Waals surface area contributed by atoms with Gasteiger partial charge in [0, 0.05) is 17.5 Å². The van der Waals surface area contributed by atoms with Gasteiger partial charge in [-0.2, -0.15) is 26.3 Å².